The number of nitrogens with two attached hydrogens (primary N) is 2. The number of hydrogen-bond acceptors (Lipinski definition) is 8. The first-order chi connectivity index (χ1) is 20.2. The minimum atomic E-state index is -1.44. The molecule has 0 unspecified atom stereocenters. The SMILES string of the molecule is CCOC(=O)c1cn(CC)c2ccc(CCCN)cc2c1=O.CCn1cc(C(=O)[O-])c(=O)c2cc(CCCN)ccc21.[Na+]. The summed E-state index contributed by atoms with van der Waals surface area (Å²) in [6.45, 7) is 8.29. The molecule has 2 heterocycles. The average Bonchev–Trinajstić information content (AvgIpc) is 2.99. The zero-order chi connectivity index (χ0) is 30.8. The number of aryl methyl sites for hydroxylation is 4. The van der Waals surface area contributed by atoms with Crippen LogP contribution in [0.25, 0.3) is 21.8 Å². The van der Waals surface area contributed by atoms with Gasteiger partial charge in [-0.2, -0.15) is 0 Å². The van der Waals surface area contributed by atoms with Crippen LogP contribution < -0.4 is 57.0 Å². The molecule has 0 aliphatic carbocycles. The monoisotopic (exact) mass is 598 g/mol. The van der Waals surface area contributed by atoms with E-state index in [-0.39, 0.29) is 52.7 Å². The fourth-order valence-corrected chi connectivity index (χ4v) is 4.84. The van der Waals surface area contributed by atoms with Gasteiger partial charge >= 0.3 is 35.5 Å². The second-order valence-corrected chi connectivity index (χ2v) is 9.81. The summed E-state index contributed by atoms with van der Waals surface area (Å²) in [5.74, 6) is -2.00. The molecule has 0 radical (unpaired) electrons. The Morgan fingerprint density at radius 3 is 1.60 bits per heavy atom. The van der Waals surface area contributed by atoms with E-state index in [1.807, 2.05) is 48.7 Å². The van der Waals surface area contributed by atoms with Crippen molar-refractivity contribution in [2.75, 3.05) is 19.7 Å². The Bertz CT molecular complexity index is 1700. The van der Waals surface area contributed by atoms with Crippen LogP contribution in [0.3, 0.4) is 0 Å². The largest absolute Gasteiger partial charge is 1.00 e. The number of fused-ring (bicyclic) bond motifs is 2. The van der Waals surface area contributed by atoms with Crippen LogP contribution >= 0.6 is 0 Å². The molecular weight excluding hydrogens is 559 g/mol. The number of carbonyl (C=O) groups excluding carboxylic acids is 2. The molecule has 0 spiro atoms. The number of rotatable bonds is 11. The number of aromatic nitrogens is 2. The van der Waals surface area contributed by atoms with Gasteiger partial charge in [-0.3, -0.25) is 9.59 Å². The first kappa shape index (κ1) is 35.9. The molecule has 0 saturated heterocycles. The summed E-state index contributed by atoms with van der Waals surface area (Å²) in [5, 5.41) is 12.0. The fraction of sp³-hybridized carbons (Fsp3) is 0.375. The molecule has 4 N–H and O–H groups in total. The van der Waals surface area contributed by atoms with Gasteiger partial charge in [0.15, 0.2) is 5.43 Å². The van der Waals surface area contributed by atoms with Crippen molar-refractivity contribution in [2.24, 2.45) is 11.5 Å². The normalized spacial score (nSPS) is 10.6. The standard InChI is InChI=1S/C17H22N2O3.C15H18N2O3.Na/c1-3-19-11-14(17(21)22-4-2)16(20)13-10-12(6-5-9-18)7-8-15(13)19;1-2-17-9-12(15(19)20)14(18)11-8-10(4-3-7-16)5-6-13(11)17;/h7-8,10-11H,3-6,9,18H2,1-2H3;5-6,8-9H,2-4,7,16H2,1H3,(H,19,20);/q;;+1/p-1. The molecule has 0 bridgehead atoms. The zero-order valence-electron chi connectivity index (χ0n) is 25.5. The Kier molecular flexibility index (Phi) is 14.3. The van der Waals surface area contributed by atoms with E-state index in [0.717, 1.165) is 47.8 Å². The van der Waals surface area contributed by atoms with Crippen LogP contribution in [0.5, 0.6) is 0 Å². The summed E-state index contributed by atoms with van der Waals surface area (Å²) in [4.78, 5) is 47.8. The van der Waals surface area contributed by atoms with E-state index in [1.54, 1.807) is 23.8 Å². The topological polar surface area (TPSA) is 162 Å². The molecular formula is C32H39N4NaO6. The molecule has 2 aromatic heterocycles. The van der Waals surface area contributed by atoms with Gasteiger partial charge in [0, 0.05) is 36.3 Å². The van der Waals surface area contributed by atoms with Crippen LogP contribution in [0.4, 0.5) is 0 Å². The smallest absolute Gasteiger partial charge is 0.545 e. The first-order valence-electron chi connectivity index (χ1n) is 14.3. The average molecular weight is 599 g/mol. The number of pyridine rings is 2. The minimum Gasteiger partial charge on any atom is -0.545 e. The zero-order valence-corrected chi connectivity index (χ0v) is 27.5. The second kappa shape index (κ2) is 17.1. The number of carbonyl (C=O) groups is 2. The van der Waals surface area contributed by atoms with E-state index in [2.05, 4.69) is 0 Å². The van der Waals surface area contributed by atoms with Gasteiger partial charge in [-0.15, -0.1) is 0 Å². The molecule has 0 aliphatic heterocycles. The van der Waals surface area contributed by atoms with Crippen molar-refractivity contribution in [3.63, 3.8) is 0 Å². The summed E-state index contributed by atoms with van der Waals surface area (Å²) in [6.07, 6.45) is 6.22. The molecule has 43 heavy (non-hydrogen) atoms. The van der Waals surface area contributed by atoms with Crippen molar-refractivity contribution in [3.8, 4) is 0 Å². The van der Waals surface area contributed by atoms with Crippen LogP contribution in [0, 0.1) is 0 Å². The third-order valence-corrected chi connectivity index (χ3v) is 7.02. The number of benzene rings is 2. The number of ether oxygens (including phenoxy) is 1. The van der Waals surface area contributed by atoms with Gasteiger partial charge in [0.05, 0.1) is 29.2 Å². The van der Waals surface area contributed by atoms with Crippen LogP contribution in [-0.4, -0.2) is 40.8 Å². The third-order valence-electron chi connectivity index (χ3n) is 7.02. The van der Waals surface area contributed by atoms with Crippen LogP contribution in [0.2, 0.25) is 0 Å². The number of carboxylic acids is 1. The molecule has 0 fully saturated rings. The van der Waals surface area contributed by atoms with E-state index in [9.17, 15) is 24.3 Å². The van der Waals surface area contributed by atoms with Gasteiger partial charge in [0.25, 0.3) is 0 Å². The van der Waals surface area contributed by atoms with E-state index in [4.69, 9.17) is 16.2 Å². The Balaban J connectivity index is 0.000000295. The van der Waals surface area contributed by atoms with Crippen molar-refractivity contribution in [3.05, 3.63) is 91.5 Å². The Hall–Kier alpha value is -3.28. The molecule has 10 nitrogen and oxygen atoms in total. The molecule has 0 aliphatic rings. The Labute approximate surface area is 272 Å². The summed E-state index contributed by atoms with van der Waals surface area (Å²) >= 11 is 0. The number of aromatic carboxylic acids is 1. The van der Waals surface area contributed by atoms with Crippen molar-refractivity contribution < 1.29 is 49.0 Å². The second-order valence-electron chi connectivity index (χ2n) is 9.81. The van der Waals surface area contributed by atoms with E-state index < -0.39 is 17.4 Å². The fourth-order valence-electron chi connectivity index (χ4n) is 4.84. The van der Waals surface area contributed by atoms with Gasteiger partial charge in [0.1, 0.15) is 5.56 Å². The van der Waals surface area contributed by atoms with Crippen LogP contribution in [0.15, 0.2) is 58.4 Å². The van der Waals surface area contributed by atoms with E-state index in [1.165, 1.54) is 6.20 Å². The Morgan fingerprint density at radius 2 is 1.21 bits per heavy atom. The minimum absolute atomic E-state index is 0. The molecule has 224 valence electrons. The number of carboxylic acid groups (broad SMARTS) is 1. The quantitative estimate of drug-likeness (QED) is 0.170. The molecule has 0 amide bonds. The summed E-state index contributed by atoms with van der Waals surface area (Å²) in [7, 11) is 0. The first-order valence-corrected chi connectivity index (χ1v) is 14.3. The third kappa shape index (κ3) is 8.64. The van der Waals surface area contributed by atoms with E-state index in [0.29, 0.717) is 37.0 Å². The molecule has 11 heteroatoms. The van der Waals surface area contributed by atoms with Crippen molar-refractivity contribution in [2.45, 2.75) is 59.5 Å². The van der Waals surface area contributed by atoms with Crippen LogP contribution in [0.1, 0.15) is 65.5 Å². The summed E-state index contributed by atoms with van der Waals surface area (Å²) in [6, 6.07) is 11.4. The predicted octanol–water partition coefficient (Wildman–Crippen LogP) is -0.630. The Morgan fingerprint density at radius 1 is 0.767 bits per heavy atom. The van der Waals surface area contributed by atoms with Gasteiger partial charge in [-0.1, -0.05) is 12.1 Å². The van der Waals surface area contributed by atoms with Gasteiger partial charge in [0.2, 0.25) is 5.43 Å². The van der Waals surface area contributed by atoms with Crippen molar-refractivity contribution in [1.82, 2.24) is 9.13 Å². The summed E-state index contributed by atoms with van der Waals surface area (Å²) in [5.41, 5.74) is 13.7. The van der Waals surface area contributed by atoms with Crippen LogP contribution in [-0.2, 0) is 30.7 Å². The van der Waals surface area contributed by atoms with E-state index >= 15 is 0 Å². The van der Waals surface area contributed by atoms with Gasteiger partial charge in [-0.05, 0) is 94.9 Å². The number of nitrogens with zero attached hydrogens (tertiary/aromatic N) is 2. The predicted molar refractivity (Wildman–Crippen MR) is 163 cm³/mol. The molecule has 4 aromatic rings. The maximum Gasteiger partial charge on any atom is 1.00 e. The maximum absolute atomic E-state index is 12.6. The van der Waals surface area contributed by atoms with Gasteiger partial charge < -0.3 is 35.2 Å². The number of esters is 1. The summed E-state index contributed by atoms with van der Waals surface area (Å²) < 4.78 is 8.63. The maximum atomic E-state index is 12.6. The molecule has 2 aromatic carbocycles. The number of hydrogen-bond donors (Lipinski definition) is 2. The van der Waals surface area contributed by atoms with Crippen molar-refractivity contribution >= 4 is 33.7 Å². The molecule has 4 rings (SSSR count). The molecule has 0 saturated carbocycles. The van der Waals surface area contributed by atoms with Crippen molar-refractivity contribution in [1.29, 1.82) is 0 Å². The molecule has 0 atom stereocenters. The van der Waals surface area contributed by atoms with Gasteiger partial charge in [-0.25, -0.2) is 4.79 Å².